The fraction of sp³-hybridized carbons (Fsp3) is 0.412. The van der Waals surface area contributed by atoms with E-state index in [2.05, 4.69) is 10.6 Å². The fourth-order valence-electron chi connectivity index (χ4n) is 2.48. The number of nitrogens with zero attached hydrogens (tertiary/aromatic N) is 1. The molecule has 2 N–H and O–H groups in total. The molecule has 0 atom stereocenters. The Kier molecular flexibility index (Phi) is 6.50. The Morgan fingerprint density at radius 2 is 1.92 bits per heavy atom. The molecule has 1 saturated heterocycles. The quantitative estimate of drug-likeness (QED) is 0.687. The summed E-state index contributed by atoms with van der Waals surface area (Å²) >= 11 is 0. The lowest BCUT2D eigenvalue weighted by molar-refractivity contribution is -0.127. The van der Waals surface area contributed by atoms with Crippen molar-refractivity contribution < 1.29 is 23.9 Å². The number of rotatable bonds is 7. The van der Waals surface area contributed by atoms with Gasteiger partial charge in [0, 0.05) is 19.5 Å². The third-order valence-electron chi connectivity index (χ3n) is 3.64. The molecule has 8 nitrogen and oxygen atoms in total. The molecule has 25 heavy (non-hydrogen) atoms. The van der Waals surface area contributed by atoms with Crippen molar-refractivity contribution in [2.24, 2.45) is 0 Å². The summed E-state index contributed by atoms with van der Waals surface area (Å²) in [5.74, 6) is -1.63. The number of hydrogen-bond acceptors (Lipinski definition) is 5. The number of benzene rings is 1. The van der Waals surface area contributed by atoms with Crippen LogP contribution in [-0.2, 0) is 19.1 Å². The van der Waals surface area contributed by atoms with E-state index in [1.54, 1.807) is 36.1 Å². The average molecular weight is 347 g/mol. The fourth-order valence-corrected chi connectivity index (χ4v) is 2.48. The molecular weight excluding hydrogens is 326 g/mol. The smallest absolute Gasteiger partial charge is 0.340 e. The van der Waals surface area contributed by atoms with Gasteiger partial charge in [-0.15, -0.1) is 0 Å². The van der Waals surface area contributed by atoms with Crippen molar-refractivity contribution in [1.82, 2.24) is 10.6 Å². The molecule has 1 aromatic rings. The number of amides is 3. The van der Waals surface area contributed by atoms with E-state index in [1.807, 2.05) is 0 Å². The predicted octanol–water partition coefficient (Wildman–Crippen LogP) is 0.223. The van der Waals surface area contributed by atoms with Crippen molar-refractivity contribution in [3.63, 3.8) is 0 Å². The highest BCUT2D eigenvalue weighted by Gasteiger charge is 2.26. The van der Waals surface area contributed by atoms with Crippen molar-refractivity contribution in [3.05, 3.63) is 29.8 Å². The summed E-state index contributed by atoms with van der Waals surface area (Å²) in [4.78, 5) is 48.6. The van der Waals surface area contributed by atoms with E-state index < -0.39 is 18.5 Å². The third kappa shape index (κ3) is 5.03. The predicted molar refractivity (Wildman–Crippen MR) is 90.0 cm³/mol. The maximum absolute atomic E-state index is 12.3. The van der Waals surface area contributed by atoms with E-state index in [9.17, 15) is 19.2 Å². The molecule has 1 aliphatic heterocycles. The first-order valence-electron chi connectivity index (χ1n) is 8.12. The van der Waals surface area contributed by atoms with Crippen LogP contribution in [0.15, 0.2) is 24.3 Å². The zero-order valence-corrected chi connectivity index (χ0v) is 14.0. The van der Waals surface area contributed by atoms with Crippen molar-refractivity contribution in [3.8, 4) is 0 Å². The van der Waals surface area contributed by atoms with E-state index in [4.69, 9.17) is 4.74 Å². The molecule has 0 aromatic heterocycles. The second kappa shape index (κ2) is 8.81. The molecule has 3 amide bonds. The first-order valence-corrected chi connectivity index (χ1v) is 8.12. The van der Waals surface area contributed by atoms with Crippen LogP contribution in [0.2, 0.25) is 0 Å². The molecule has 1 aromatic carbocycles. The number of hydrogen-bond donors (Lipinski definition) is 2. The van der Waals surface area contributed by atoms with Gasteiger partial charge >= 0.3 is 5.97 Å². The molecule has 0 unspecified atom stereocenters. The van der Waals surface area contributed by atoms with Crippen molar-refractivity contribution in [2.75, 3.05) is 31.1 Å². The van der Waals surface area contributed by atoms with Crippen LogP contribution in [0, 0.1) is 0 Å². The number of carbonyl (C=O) groups excluding carboxylic acids is 4. The maximum Gasteiger partial charge on any atom is 0.340 e. The molecule has 8 heteroatoms. The SMILES string of the molecule is CCNC(=O)CNC(=O)COC(=O)c1ccccc1N1CCCC1=O. The number of para-hydroxylation sites is 1. The van der Waals surface area contributed by atoms with E-state index in [1.165, 1.54) is 0 Å². The van der Waals surface area contributed by atoms with Crippen molar-refractivity contribution >= 4 is 29.4 Å². The van der Waals surface area contributed by atoms with Crippen LogP contribution in [0.25, 0.3) is 0 Å². The molecule has 1 heterocycles. The zero-order valence-electron chi connectivity index (χ0n) is 14.0. The van der Waals surface area contributed by atoms with Gasteiger partial charge in [-0.25, -0.2) is 4.79 Å². The Labute approximate surface area is 145 Å². The Hall–Kier alpha value is -2.90. The van der Waals surface area contributed by atoms with Gasteiger partial charge in [0.05, 0.1) is 17.8 Å². The number of likely N-dealkylation sites (N-methyl/N-ethyl adjacent to an activating group) is 1. The van der Waals surface area contributed by atoms with Gasteiger partial charge in [0.2, 0.25) is 11.8 Å². The van der Waals surface area contributed by atoms with Crippen molar-refractivity contribution in [2.45, 2.75) is 19.8 Å². The second-order valence-electron chi connectivity index (χ2n) is 5.47. The molecule has 1 fully saturated rings. The summed E-state index contributed by atoms with van der Waals surface area (Å²) < 4.78 is 5.00. The lowest BCUT2D eigenvalue weighted by Gasteiger charge is -2.18. The highest BCUT2D eigenvalue weighted by Crippen LogP contribution is 2.25. The number of nitrogens with one attached hydrogen (secondary N) is 2. The number of esters is 1. The van der Waals surface area contributed by atoms with Gasteiger partial charge in [-0.3, -0.25) is 14.4 Å². The largest absolute Gasteiger partial charge is 0.452 e. The van der Waals surface area contributed by atoms with E-state index in [0.29, 0.717) is 25.2 Å². The van der Waals surface area contributed by atoms with Crippen LogP contribution < -0.4 is 15.5 Å². The van der Waals surface area contributed by atoms with Crippen LogP contribution in [0.5, 0.6) is 0 Å². The summed E-state index contributed by atoms with van der Waals surface area (Å²) in [6.07, 6.45) is 1.19. The van der Waals surface area contributed by atoms with Crippen molar-refractivity contribution in [1.29, 1.82) is 0 Å². The molecule has 134 valence electrons. The van der Waals surface area contributed by atoms with E-state index >= 15 is 0 Å². The monoisotopic (exact) mass is 347 g/mol. The molecule has 0 spiro atoms. The maximum atomic E-state index is 12.3. The number of carbonyl (C=O) groups is 4. The van der Waals surface area contributed by atoms with Gasteiger partial charge in [-0.1, -0.05) is 12.1 Å². The molecular formula is C17H21N3O5. The number of anilines is 1. The standard InChI is InChI=1S/C17H21N3O5/c1-2-18-14(21)10-19-15(22)11-25-17(24)12-6-3-4-7-13(12)20-9-5-8-16(20)23/h3-4,6-7H,2,5,8-11H2,1H3,(H,18,21)(H,19,22). The van der Waals surface area contributed by atoms with Gasteiger partial charge in [-0.05, 0) is 25.5 Å². The lowest BCUT2D eigenvalue weighted by atomic mass is 10.1. The summed E-state index contributed by atoms with van der Waals surface area (Å²) in [6, 6.07) is 6.62. The Morgan fingerprint density at radius 1 is 1.16 bits per heavy atom. The third-order valence-corrected chi connectivity index (χ3v) is 3.64. The summed E-state index contributed by atoms with van der Waals surface area (Å²) in [5.41, 5.74) is 0.715. The minimum atomic E-state index is -0.691. The van der Waals surface area contributed by atoms with Gasteiger partial charge < -0.3 is 20.3 Å². The van der Waals surface area contributed by atoms with E-state index in [0.717, 1.165) is 6.42 Å². The van der Waals surface area contributed by atoms with Crippen LogP contribution in [0.4, 0.5) is 5.69 Å². The second-order valence-corrected chi connectivity index (χ2v) is 5.47. The lowest BCUT2D eigenvalue weighted by Crippen LogP contribution is -2.38. The van der Waals surface area contributed by atoms with Gasteiger partial charge in [-0.2, -0.15) is 0 Å². The van der Waals surface area contributed by atoms with Gasteiger partial charge in [0.15, 0.2) is 6.61 Å². The molecule has 1 aliphatic rings. The van der Waals surface area contributed by atoms with Gasteiger partial charge in [0.25, 0.3) is 5.91 Å². The molecule has 0 aliphatic carbocycles. The molecule has 2 rings (SSSR count). The van der Waals surface area contributed by atoms with Crippen LogP contribution in [0.1, 0.15) is 30.1 Å². The van der Waals surface area contributed by atoms with Gasteiger partial charge in [0.1, 0.15) is 0 Å². The Morgan fingerprint density at radius 3 is 2.60 bits per heavy atom. The van der Waals surface area contributed by atoms with Crippen LogP contribution in [0.3, 0.4) is 0 Å². The normalized spacial score (nSPS) is 13.5. The average Bonchev–Trinajstić information content (AvgIpc) is 3.04. The summed E-state index contributed by atoms with van der Waals surface area (Å²) in [5, 5.41) is 4.89. The summed E-state index contributed by atoms with van der Waals surface area (Å²) in [6.45, 7) is 2.11. The van der Waals surface area contributed by atoms with E-state index in [-0.39, 0.29) is 23.9 Å². The highest BCUT2D eigenvalue weighted by atomic mass is 16.5. The first-order chi connectivity index (χ1) is 12.0. The minimum absolute atomic E-state index is 0.0417. The van der Waals surface area contributed by atoms with Crippen LogP contribution >= 0.6 is 0 Å². The highest BCUT2D eigenvalue weighted by molar-refractivity contribution is 6.04. The Balaban J connectivity index is 1.92. The number of ether oxygens (including phenoxy) is 1. The van der Waals surface area contributed by atoms with Crippen LogP contribution in [-0.4, -0.2) is 49.9 Å². The molecule has 0 saturated carbocycles. The molecule has 0 radical (unpaired) electrons. The Bertz CT molecular complexity index is 674. The molecule has 0 bridgehead atoms. The minimum Gasteiger partial charge on any atom is -0.452 e. The zero-order chi connectivity index (χ0) is 18.2. The first kappa shape index (κ1) is 18.4. The summed E-state index contributed by atoms with van der Waals surface area (Å²) in [7, 11) is 0. The topological polar surface area (TPSA) is 105 Å².